The number of carbonyl (C=O) groups is 2. The summed E-state index contributed by atoms with van der Waals surface area (Å²) < 4.78 is 0. The van der Waals surface area contributed by atoms with Gasteiger partial charge in [0.15, 0.2) is 0 Å². The standard InChI is InChI=1S/C10H14N2O2/c1-3-4-7(2)11-10(14)8-5-6-9(13)12-8/h1,7-8H,4-6H2,2H3,(H,11,14)(H,12,13). The minimum atomic E-state index is -0.372. The maximum atomic E-state index is 11.5. The first-order valence-electron chi connectivity index (χ1n) is 4.66. The van der Waals surface area contributed by atoms with E-state index in [-0.39, 0.29) is 23.9 Å². The number of terminal acetylenes is 1. The molecule has 0 saturated carbocycles. The van der Waals surface area contributed by atoms with Crippen LogP contribution in [0.1, 0.15) is 26.2 Å². The van der Waals surface area contributed by atoms with Crippen LogP contribution in [0.5, 0.6) is 0 Å². The van der Waals surface area contributed by atoms with Crippen LogP contribution in [0.3, 0.4) is 0 Å². The highest BCUT2D eigenvalue weighted by Crippen LogP contribution is 2.06. The van der Waals surface area contributed by atoms with Crippen LogP contribution >= 0.6 is 0 Å². The van der Waals surface area contributed by atoms with Gasteiger partial charge in [-0.3, -0.25) is 9.59 Å². The van der Waals surface area contributed by atoms with Gasteiger partial charge in [-0.05, 0) is 13.3 Å². The van der Waals surface area contributed by atoms with Gasteiger partial charge in [0.1, 0.15) is 6.04 Å². The van der Waals surface area contributed by atoms with Crippen LogP contribution in [0.2, 0.25) is 0 Å². The highest BCUT2D eigenvalue weighted by molar-refractivity contribution is 5.90. The Balaban J connectivity index is 2.35. The Labute approximate surface area is 83.4 Å². The molecular formula is C10H14N2O2. The number of carbonyl (C=O) groups excluding carboxylic acids is 2. The molecular weight excluding hydrogens is 180 g/mol. The van der Waals surface area contributed by atoms with E-state index < -0.39 is 0 Å². The predicted molar refractivity (Wildman–Crippen MR) is 52.2 cm³/mol. The van der Waals surface area contributed by atoms with Gasteiger partial charge in [0.05, 0.1) is 0 Å². The molecule has 14 heavy (non-hydrogen) atoms. The minimum absolute atomic E-state index is 0.0370. The lowest BCUT2D eigenvalue weighted by Crippen LogP contribution is -2.44. The number of nitrogens with one attached hydrogen (secondary N) is 2. The normalized spacial score (nSPS) is 22.3. The van der Waals surface area contributed by atoms with Crippen molar-refractivity contribution < 1.29 is 9.59 Å². The van der Waals surface area contributed by atoms with Crippen molar-refractivity contribution in [2.45, 2.75) is 38.3 Å². The smallest absolute Gasteiger partial charge is 0.242 e. The molecule has 0 spiro atoms. The van der Waals surface area contributed by atoms with Crippen LogP contribution in [-0.2, 0) is 9.59 Å². The summed E-state index contributed by atoms with van der Waals surface area (Å²) in [5.41, 5.74) is 0. The third kappa shape index (κ3) is 2.77. The van der Waals surface area contributed by atoms with Gasteiger partial charge >= 0.3 is 0 Å². The molecule has 0 bridgehead atoms. The molecule has 1 saturated heterocycles. The summed E-state index contributed by atoms with van der Waals surface area (Å²) in [7, 11) is 0. The topological polar surface area (TPSA) is 58.2 Å². The van der Waals surface area contributed by atoms with Gasteiger partial charge in [-0.25, -0.2) is 0 Å². The van der Waals surface area contributed by atoms with Crippen LogP contribution in [0.15, 0.2) is 0 Å². The molecule has 2 atom stereocenters. The Morgan fingerprint density at radius 2 is 2.57 bits per heavy atom. The Morgan fingerprint density at radius 1 is 1.86 bits per heavy atom. The summed E-state index contributed by atoms with van der Waals surface area (Å²) >= 11 is 0. The molecule has 1 heterocycles. The average Bonchev–Trinajstić information content (AvgIpc) is 2.52. The monoisotopic (exact) mass is 194 g/mol. The predicted octanol–water partition coefficient (Wildman–Crippen LogP) is -0.207. The second-order valence-corrected chi connectivity index (χ2v) is 3.48. The zero-order valence-corrected chi connectivity index (χ0v) is 8.17. The van der Waals surface area contributed by atoms with E-state index in [1.165, 1.54) is 0 Å². The molecule has 2 unspecified atom stereocenters. The van der Waals surface area contributed by atoms with Crippen LogP contribution in [0, 0.1) is 12.3 Å². The van der Waals surface area contributed by atoms with Crippen molar-refractivity contribution in [1.29, 1.82) is 0 Å². The van der Waals surface area contributed by atoms with Gasteiger partial charge in [-0.15, -0.1) is 12.3 Å². The van der Waals surface area contributed by atoms with Crippen LogP contribution in [0.25, 0.3) is 0 Å². The molecule has 4 nitrogen and oxygen atoms in total. The summed E-state index contributed by atoms with van der Waals surface area (Å²) in [6.07, 6.45) is 6.62. The summed E-state index contributed by atoms with van der Waals surface area (Å²) in [5, 5.41) is 5.35. The van der Waals surface area contributed by atoms with Gasteiger partial charge in [-0.1, -0.05) is 0 Å². The summed E-state index contributed by atoms with van der Waals surface area (Å²) in [4.78, 5) is 22.3. The number of amides is 2. The van der Waals surface area contributed by atoms with E-state index in [1.807, 2.05) is 6.92 Å². The SMILES string of the molecule is C#CCC(C)NC(=O)C1CCC(=O)N1. The molecule has 0 aliphatic carbocycles. The lowest BCUT2D eigenvalue weighted by atomic mass is 10.2. The minimum Gasteiger partial charge on any atom is -0.351 e. The zero-order chi connectivity index (χ0) is 10.6. The fourth-order valence-corrected chi connectivity index (χ4v) is 1.38. The van der Waals surface area contributed by atoms with Crippen LogP contribution in [-0.4, -0.2) is 23.9 Å². The Hall–Kier alpha value is -1.50. The van der Waals surface area contributed by atoms with Crippen molar-refractivity contribution in [3.05, 3.63) is 0 Å². The quantitative estimate of drug-likeness (QED) is 0.611. The van der Waals surface area contributed by atoms with Gasteiger partial charge < -0.3 is 10.6 Å². The van der Waals surface area contributed by atoms with Gasteiger partial charge in [-0.2, -0.15) is 0 Å². The molecule has 1 fully saturated rings. The van der Waals surface area contributed by atoms with E-state index in [0.717, 1.165) is 0 Å². The number of hydrogen-bond acceptors (Lipinski definition) is 2. The molecule has 0 radical (unpaired) electrons. The summed E-state index contributed by atoms with van der Waals surface area (Å²) in [6.45, 7) is 1.84. The Morgan fingerprint density at radius 3 is 3.07 bits per heavy atom. The zero-order valence-electron chi connectivity index (χ0n) is 8.17. The lowest BCUT2D eigenvalue weighted by molar-refractivity contribution is -0.126. The average molecular weight is 194 g/mol. The summed E-state index contributed by atoms with van der Waals surface area (Å²) in [6, 6.07) is -0.410. The Kier molecular flexibility index (Phi) is 3.52. The third-order valence-corrected chi connectivity index (χ3v) is 2.12. The fourth-order valence-electron chi connectivity index (χ4n) is 1.38. The van der Waals surface area contributed by atoms with E-state index in [1.54, 1.807) is 0 Å². The molecule has 0 aromatic rings. The highest BCUT2D eigenvalue weighted by Gasteiger charge is 2.27. The third-order valence-electron chi connectivity index (χ3n) is 2.12. The molecule has 0 aromatic heterocycles. The molecule has 1 rings (SSSR count). The van der Waals surface area contributed by atoms with Gasteiger partial charge in [0.25, 0.3) is 0 Å². The van der Waals surface area contributed by atoms with Crippen molar-refractivity contribution in [1.82, 2.24) is 10.6 Å². The lowest BCUT2D eigenvalue weighted by Gasteiger charge is -2.14. The fraction of sp³-hybridized carbons (Fsp3) is 0.600. The van der Waals surface area contributed by atoms with Crippen molar-refractivity contribution in [2.24, 2.45) is 0 Å². The van der Waals surface area contributed by atoms with Crippen molar-refractivity contribution in [3.8, 4) is 12.3 Å². The summed E-state index contributed by atoms with van der Waals surface area (Å²) in [5.74, 6) is 2.27. The second-order valence-electron chi connectivity index (χ2n) is 3.48. The van der Waals surface area contributed by atoms with Gasteiger partial charge in [0.2, 0.25) is 11.8 Å². The van der Waals surface area contributed by atoms with Crippen molar-refractivity contribution >= 4 is 11.8 Å². The highest BCUT2D eigenvalue weighted by atomic mass is 16.2. The van der Waals surface area contributed by atoms with E-state index >= 15 is 0 Å². The number of hydrogen-bond donors (Lipinski definition) is 2. The number of rotatable bonds is 3. The molecule has 0 aromatic carbocycles. The van der Waals surface area contributed by atoms with Crippen LogP contribution < -0.4 is 10.6 Å². The first kappa shape index (κ1) is 10.6. The van der Waals surface area contributed by atoms with Crippen LogP contribution in [0.4, 0.5) is 0 Å². The molecule has 4 heteroatoms. The van der Waals surface area contributed by atoms with Crippen molar-refractivity contribution in [3.63, 3.8) is 0 Å². The maximum absolute atomic E-state index is 11.5. The van der Waals surface area contributed by atoms with E-state index in [0.29, 0.717) is 19.3 Å². The van der Waals surface area contributed by atoms with Crippen molar-refractivity contribution in [2.75, 3.05) is 0 Å². The van der Waals surface area contributed by atoms with Gasteiger partial charge in [0, 0.05) is 18.9 Å². The largest absolute Gasteiger partial charge is 0.351 e. The molecule has 76 valence electrons. The molecule has 2 amide bonds. The molecule has 2 N–H and O–H groups in total. The van der Waals surface area contributed by atoms with E-state index in [9.17, 15) is 9.59 Å². The Bertz CT molecular complexity index is 280. The molecule has 1 aliphatic heterocycles. The maximum Gasteiger partial charge on any atom is 0.242 e. The molecule has 1 aliphatic rings. The first-order valence-corrected chi connectivity index (χ1v) is 4.66. The van der Waals surface area contributed by atoms with E-state index in [2.05, 4.69) is 16.6 Å². The second kappa shape index (κ2) is 4.66. The first-order chi connectivity index (χ1) is 6.63. The van der Waals surface area contributed by atoms with E-state index in [4.69, 9.17) is 6.42 Å².